The smallest absolute Gasteiger partial charge is 0.325 e. The molecule has 0 unspecified atom stereocenters. The zero-order valence-electron chi connectivity index (χ0n) is 12.5. The predicted molar refractivity (Wildman–Crippen MR) is 87.1 cm³/mol. The van der Waals surface area contributed by atoms with Gasteiger partial charge < -0.3 is 10.1 Å². The second-order valence-corrected chi connectivity index (χ2v) is 6.03. The minimum Gasteiger partial charge on any atom is -0.468 e. The van der Waals surface area contributed by atoms with Gasteiger partial charge in [0.25, 0.3) is 5.91 Å². The molecule has 0 saturated heterocycles. The van der Waals surface area contributed by atoms with E-state index in [9.17, 15) is 9.59 Å². The highest BCUT2D eigenvalue weighted by Gasteiger charge is 2.10. The molecule has 0 fully saturated rings. The van der Waals surface area contributed by atoms with Crippen molar-refractivity contribution < 1.29 is 14.3 Å². The van der Waals surface area contributed by atoms with Gasteiger partial charge in [-0.3, -0.25) is 9.59 Å². The van der Waals surface area contributed by atoms with Gasteiger partial charge in [-0.25, -0.2) is 0 Å². The van der Waals surface area contributed by atoms with Gasteiger partial charge in [0.1, 0.15) is 6.54 Å². The summed E-state index contributed by atoms with van der Waals surface area (Å²) in [7, 11) is 1.30. The standard InChI is InChI=1S/C17H19NO3S/c1-21-16(19)12-18-17(20)15-11-10-14(22-15)9-5-8-13-6-3-2-4-7-13/h2-4,6-7,10-11H,5,8-9,12H2,1H3,(H,18,20). The van der Waals surface area contributed by atoms with Crippen molar-refractivity contribution in [1.82, 2.24) is 5.32 Å². The van der Waals surface area contributed by atoms with Gasteiger partial charge in [0, 0.05) is 4.88 Å². The number of hydrogen-bond acceptors (Lipinski definition) is 4. The molecule has 0 bridgehead atoms. The largest absolute Gasteiger partial charge is 0.468 e. The van der Waals surface area contributed by atoms with E-state index < -0.39 is 5.97 Å². The molecule has 1 N–H and O–H groups in total. The number of thiophene rings is 1. The number of ether oxygens (including phenoxy) is 1. The molecule has 0 spiro atoms. The Morgan fingerprint density at radius 3 is 2.59 bits per heavy atom. The predicted octanol–water partition coefficient (Wildman–Crippen LogP) is 2.83. The SMILES string of the molecule is COC(=O)CNC(=O)c1ccc(CCCc2ccccc2)s1. The van der Waals surface area contributed by atoms with Crippen molar-refractivity contribution in [3.63, 3.8) is 0 Å². The highest BCUT2D eigenvalue weighted by atomic mass is 32.1. The second kappa shape index (κ2) is 8.34. The first-order valence-corrected chi connectivity index (χ1v) is 7.98. The van der Waals surface area contributed by atoms with E-state index in [1.165, 1.54) is 28.9 Å². The van der Waals surface area contributed by atoms with E-state index in [1.807, 2.05) is 24.3 Å². The highest BCUT2D eigenvalue weighted by Crippen LogP contribution is 2.19. The molecule has 1 aromatic heterocycles. The van der Waals surface area contributed by atoms with Crippen molar-refractivity contribution in [3.8, 4) is 0 Å². The summed E-state index contributed by atoms with van der Waals surface area (Å²) in [5, 5.41) is 2.54. The number of esters is 1. The summed E-state index contributed by atoms with van der Waals surface area (Å²) >= 11 is 1.47. The van der Waals surface area contributed by atoms with Crippen LogP contribution in [0.5, 0.6) is 0 Å². The molecule has 1 heterocycles. The number of carbonyl (C=O) groups excluding carboxylic acids is 2. The van der Waals surface area contributed by atoms with Crippen LogP contribution in [0.15, 0.2) is 42.5 Å². The summed E-state index contributed by atoms with van der Waals surface area (Å²) < 4.78 is 4.49. The molecule has 4 nitrogen and oxygen atoms in total. The molecule has 5 heteroatoms. The lowest BCUT2D eigenvalue weighted by atomic mass is 10.1. The van der Waals surface area contributed by atoms with Crippen LogP contribution in [-0.4, -0.2) is 25.5 Å². The molecule has 0 saturated carbocycles. The molecule has 0 aliphatic carbocycles. The maximum Gasteiger partial charge on any atom is 0.325 e. The summed E-state index contributed by atoms with van der Waals surface area (Å²) in [4.78, 5) is 24.7. The van der Waals surface area contributed by atoms with Crippen LogP contribution in [0.2, 0.25) is 0 Å². The van der Waals surface area contributed by atoms with Crippen molar-refractivity contribution in [1.29, 1.82) is 0 Å². The Kier molecular flexibility index (Phi) is 6.15. The van der Waals surface area contributed by atoms with Crippen molar-refractivity contribution in [2.24, 2.45) is 0 Å². The van der Waals surface area contributed by atoms with Gasteiger partial charge >= 0.3 is 5.97 Å². The molecule has 0 atom stereocenters. The first kappa shape index (κ1) is 16.2. The lowest BCUT2D eigenvalue weighted by molar-refractivity contribution is -0.139. The van der Waals surface area contributed by atoms with E-state index in [0.717, 1.165) is 19.3 Å². The van der Waals surface area contributed by atoms with Crippen LogP contribution in [0.1, 0.15) is 26.5 Å². The monoisotopic (exact) mass is 317 g/mol. The van der Waals surface area contributed by atoms with E-state index in [0.29, 0.717) is 4.88 Å². The third-order valence-electron chi connectivity index (χ3n) is 3.24. The average Bonchev–Trinajstić information content (AvgIpc) is 3.02. The topological polar surface area (TPSA) is 55.4 Å². The lowest BCUT2D eigenvalue weighted by Crippen LogP contribution is -2.29. The van der Waals surface area contributed by atoms with Gasteiger partial charge in [-0.15, -0.1) is 11.3 Å². The van der Waals surface area contributed by atoms with E-state index >= 15 is 0 Å². The van der Waals surface area contributed by atoms with Crippen LogP contribution >= 0.6 is 11.3 Å². The Morgan fingerprint density at radius 2 is 1.86 bits per heavy atom. The Balaban J connectivity index is 1.78. The second-order valence-electron chi connectivity index (χ2n) is 4.86. The number of carbonyl (C=O) groups is 2. The molecule has 0 aliphatic rings. The highest BCUT2D eigenvalue weighted by molar-refractivity contribution is 7.14. The van der Waals surface area contributed by atoms with Crippen LogP contribution in [0.25, 0.3) is 0 Å². The van der Waals surface area contributed by atoms with Crippen LogP contribution in [0.3, 0.4) is 0 Å². The van der Waals surface area contributed by atoms with Crippen molar-refractivity contribution in [2.45, 2.75) is 19.3 Å². The van der Waals surface area contributed by atoms with Gasteiger partial charge in [0.2, 0.25) is 0 Å². The van der Waals surface area contributed by atoms with E-state index in [1.54, 1.807) is 6.07 Å². The summed E-state index contributed by atoms with van der Waals surface area (Å²) in [5.41, 5.74) is 1.33. The summed E-state index contributed by atoms with van der Waals surface area (Å²) in [6.07, 6.45) is 3.03. The molecule has 1 aromatic carbocycles. The van der Waals surface area contributed by atoms with Crippen LogP contribution in [0.4, 0.5) is 0 Å². The van der Waals surface area contributed by atoms with Gasteiger partial charge in [0.15, 0.2) is 0 Å². The quantitative estimate of drug-likeness (QED) is 0.799. The third kappa shape index (κ3) is 5.00. The molecular weight excluding hydrogens is 298 g/mol. The molecule has 2 aromatic rings. The first-order chi connectivity index (χ1) is 10.7. The number of benzene rings is 1. The number of hydrogen-bond donors (Lipinski definition) is 1. The summed E-state index contributed by atoms with van der Waals surface area (Å²) in [6, 6.07) is 14.1. The fraction of sp³-hybridized carbons (Fsp3) is 0.294. The van der Waals surface area contributed by atoms with E-state index in [2.05, 4.69) is 22.2 Å². The molecule has 1 amide bonds. The van der Waals surface area contributed by atoms with E-state index in [4.69, 9.17) is 0 Å². The minimum atomic E-state index is -0.451. The van der Waals surface area contributed by atoms with Gasteiger partial charge in [-0.2, -0.15) is 0 Å². The Bertz CT molecular complexity index is 622. The van der Waals surface area contributed by atoms with Crippen molar-refractivity contribution in [2.75, 3.05) is 13.7 Å². The Morgan fingerprint density at radius 1 is 1.09 bits per heavy atom. The van der Waals surface area contributed by atoms with Crippen LogP contribution in [0, 0.1) is 0 Å². The third-order valence-corrected chi connectivity index (χ3v) is 4.38. The zero-order valence-corrected chi connectivity index (χ0v) is 13.3. The summed E-state index contributed by atoms with van der Waals surface area (Å²) in [6.45, 7) is -0.101. The number of amides is 1. The molecule has 0 aliphatic heterocycles. The average molecular weight is 317 g/mol. The first-order valence-electron chi connectivity index (χ1n) is 7.16. The minimum absolute atomic E-state index is 0.101. The molecule has 22 heavy (non-hydrogen) atoms. The molecular formula is C17H19NO3S. The Hall–Kier alpha value is -2.14. The maximum absolute atomic E-state index is 11.9. The van der Waals surface area contributed by atoms with Gasteiger partial charge in [-0.05, 0) is 37.0 Å². The number of methoxy groups -OCH3 is 1. The van der Waals surface area contributed by atoms with E-state index in [-0.39, 0.29) is 12.5 Å². The Labute approximate surface area is 134 Å². The lowest BCUT2D eigenvalue weighted by Gasteiger charge is -2.01. The van der Waals surface area contributed by atoms with Crippen LogP contribution < -0.4 is 5.32 Å². The molecule has 2 rings (SSSR count). The normalized spacial score (nSPS) is 10.2. The van der Waals surface area contributed by atoms with Crippen LogP contribution in [-0.2, 0) is 22.4 Å². The fourth-order valence-electron chi connectivity index (χ4n) is 2.06. The van der Waals surface area contributed by atoms with Gasteiger partial charge in [0.05, 0.1) is 12.0 Å². The maximum atomic E-state index is 11.9. The van der Waals surface area contributed by atoms with Crippen molar-refractivity contribution in [3.05, 3.63) is 57.8 Å². The van der Waals surface area contributed by atoms with Gasteiger partial charge in [-0.1, -0.05) is 30.3 Å². The van der Waals surface area contributed by atoms with Crippen molar-refractivity contribution >= 4 is 23.2 Å². The zero-order chi connectivity index (χ0) is 15.8. The molecule has 116 valence electrons. The number of nitrogens with one attached hydrogen (secondary N) is 1. The fourth-order valence-corrected chi connectivity index (χ4v) is 3.02. The number of aryl methyl sites for hydroxylation is 2. The summed E-state index contributed by atoms with van der Waals surface area (Å²) in [5.74, 6) is -0.683. The number of rotatable bonds is 7. The molecule has 0 radical (unpaired) electrons.